The molecule has 0 spiro atoms. The molecular formula is C15H29ClN4O5S. The minimum Gasteiger partial charge on any atom is -0.381 e. The van der Waals surface area contributed by atoms with Crippen molar-refractivity contribution in [3.8, 4) is 0 Å². The number of morpholine rings is 1. The van der Waals surface area contributed by atoms with E-state index in [2.05, 4.69) is 0 Å². The van der Waals surface area contributed by atoms with Crippen molar-refractivity contribution in [1.29, 1.82) is 0 Å². The average Bonchev–Trinajstić information content (AvgIpc) is 2.68. The van der Waals surface area contributed by atoms with Crippen LogP contribution in [0.5, 0.6) is 0 Å². The summed E-state index contributed by atoms with van der Waals surface area (Å²) in [5, 5.41) is 0. The van der Waals surface area contributed by atoms with Gasteiger partial charge in [0.2, 0.25) is 5.91 Å². The maximum absolute atomic E-state index is 12.7. The van der Waals surface area contributed by atoms with Gasteiger partial charge in [0.1, 0.15) is 0 Å². The van der Waals surface area contributed by atoms with Crippen LogP contribution in [0.2, 0.25) is 0 Å². The summed E-state index contributed by atoms with van der Waals surface area (Å²) in [5.41, 5.74) is 6.16. The number of rotatable bonds is 4. The number of ether oxygens (including phenoxy) is 2. The molecule has 0 saturated carbocycles. The summed E-state index contributed by atoms with van der Waals surface area (Å²) >= 11 is 0. The molecule has 1 atom stereocenters. The normalized spacial score (nSPS) is 25.5. The minimum absolute atomic E-state index is 0. The lowest BCUT2D eigenvalue weighted by molar-refractivity contribution is -0.135. The summed E-state index contributed by atoms with van der Waals surface area (Å²) in [6, 6.07) is -0.522. The zero-order valence-corrected chi connectivity index (χ0v) is 16.5. The monoisotopic (exact) mass is 412 g/mol. The van der Waals surface area contributed by atoms with Crippen molar-refractivity contribution in [3.63, 3.8) is 0 Å². The fourth-order valence-electron chi connectivity index (χ4n) is 3.57. The number of halogens is 1. The van der Waals surface area contributed by atoms with E-state index in [1.807, 2.05) is 0 Å². The summed E-state index contributed by atoms with van der Waals surface area (Å²) in [6.07, 6.45) is 1.61. The van der Waals surface area contributed by atoms with Crippen molar-refractivity contribution in [1.82, 2.24) is 13.5 Å². The first-order valence-corrected chi connectivity index (χ1v) is 10.3. The number of hydrogen-bond acceptors (Lipinski definition) is 6. The van der Waals surface area contributed by atoms with Crippen LogP contribution in [-0.4, -0.2) is 99.6 Å². The number of nitrogens with two attached hydrogens (primary N) is 1. The number of piperazine rings is 1. The van der Waals surface area contributed by atoms with E-state index in [0.29, 0.717) is 65.7 Å². The first kappa shape index (κ1) is 21.8. The molecule has 9 nitrogen and oxygen atoms in total. The molecule has 0 radical (unpaired) electrons. The second-order valence-electron chi connectivity index (χ2n) is 6.72. The van der Waals surface area contributed by atoms with Crippen LogP contribution in [0.4, 0.5) is 0 Å². The number of carbonyl (C=O) groups is 1. The first-order chi connectivity index (χ1) is 12.0. The minimum atomic E-state index is -3.47. The van der Waals surface area contributed by atoms with Crippen LogP contribution in [0.3, 0.4) is 0 Å². The molecule has 3 aliphatic rings. The SMILES string of the molecule is Cl.NC(C(=O)N1CCN(S(=O)(=O)N2CCOCC2)CC1)C1CCOCC1. The highest BCUT2D eigenvalue weighted by molar-refractivity contribution is 7.86. The molecule has 1 amide bonds. The molecule has 0 bridgehead atoms. The summed E-state index contributed by atoms with van der Waals surface area (Å²) in [5.74, 6) is 0.0756. The van der Waals surface area contributed by atoms with Crippen molar-refractivity contribution in [2.45, 2.75) is 18.9 Å². The van der Waals surface area contributed by atoms with Crippen LogP contribution in [-0.2, 0) is 24.5 Å². The lowest BCUT2D eigenvalue weighted by Gasteiger charge is -2.39. The summed E-state index contributed by atoms with van der Waals surface area (Å²) in [6.45, 7) is 4.33. The Morgan fingerprint density at radius 3 is 1.96 bits per heavy atom. The number of amides is 1. The number of nitrogens with zero attached hydrogens (tertiary/aromatic N) is 3. The predicted octanol–water partition coefficient (Wildman–Crippen LogP) is -1.12. The highest BCUT2D eigenvalue weighted by Crippen LogP contribution is 2.20. The van der Waals surface area contributed by atoms with Gasteiger partial charge in [-0.05, 0) is 18.8 Å². The van der Waals surface area contributed by atoms with Gasteiger partial charge >= 0.3 is 0 Å². The molecule has 3 rings (SSSR count). The highest BCUT2D eigenvalue weighted by Gasteiger charge is 2.36. The Labute approximate surface area is 161 Å². The Hall–Kier alpha value is -0.490. The van der Waals surface area contributed by atoms with Gasteiger partial charge in [0.25, 0.3) is 10.2 Å². The van der Waals surface area contributed by atoms with Gasteiger partial charge in [-0.2, -0.15) is 17.0 Å². The van der Waals surface area contributed by atoms with E-state index in [-0.39, 0.29) is 24.2 Å². The lowest BCUT2D eigenvalue weighted by Crippen LogP contribution is -2.58. The maximum atomic E-state index is 12.7. The Bertz CT molecular complexity index is 558. The van der Waals surface area contributed by atoms with Gasteiger partial charge in [-0.15, -0.1) is 12.4 Å². The van der Waals surface area contributed by atoms with Gasteiger partial charge in [-0.1, -0.05) is 0 Å². The van der Waals surface area contributed by atoms with E-state index in [1.54, 1.807) is 4.90 Å². The molecule has 152 valence electrons. The van der Waals surface area contributed by atoms with Gasteiger partial charge in [-0.3, -0.25) is 4.79 Å². The van der Waals surface area contributed by atoms with Crippen molar-refractivity contribution >= 4 is 28.5 Å². The Kier molecular flexibility index (Phi) is 8.08. The molecule has 0 aromatic rings. The predicted molar refractivity (Wildman–Crippen MR) is 98.2 cm³/mol. The van der Waals surface area contributed by atoms with E-state index < -0.39 is 16.3 Å². The molecule has 3 aliphatic heterocycles. The van der Waals surface area contributed by atoms with Gasteiger partial charge < -0.3 is 20.1 Å². The third kappa shape index (κ3) is 4.86. The molecule has 3 heterocycles. The second-order valence-corrected chi connectivity index (χ2v) is 8.65. The van der Waals surface area contributed by atoms with Gasteiger partial charge in [0.15, 0.2) is 0 Å². The fourth-order valence-corrected chi connectivity index (χ4v) is 5.13. The van der Waals surface area contributed by atoms with Crippen LogP contribution < -0.4 is 5.73 Å². The molecule has 11 heteroatoms. The van der Waals surface area contributed by atoms with Gasteiger partial charge in [-0.25, -0.2) is 0 Å². The Morgan fingerprint density at radius 2 is 1.38 bits per heavy atom. The van der Waals surface area contributed by atoms with Crippen LogP contribution in [0.25, 0.3) is 0 Å². The van der Waals surface area contributed by atoms with Gasteiger partial charge in [0, 0.05) is 52.5 Å². The van der Waals surface area contributed by atoms with E-state index in [0.717, 1.165) is 12.8 Å². The molecular weight excluding hydrogens is 384 g/mol. The van der Waals surface area contributed by atoms with Crippen LogP contribution in [0.1, 0.15) is 12.8 Å². The largest absolute Gasteiger partial charge is 0.381 e. The second kappa shape index (κ2) is 9.63. The van der Waals surface area contributed by atoms with Crippen molar-refractivity contribution < 1.29 is 22.7 Å². The molecule has 3 fully saturated rings. The summed E-state index contributed by atoms with van der Waals surface area (Å²) < 4.78 is 38.8. The van der Waals surface area contributed by atoms with Crippen LogP contribution in [0, 0.1) is 5.92 Å². The third-order valence-corrected chi connectivity index (χ3v) is 7.27. The number of carbonyl (C=O) groups excluding carboxylic acids is 1. The molecule has 3 saturated heterocycles. The van der Waals surface area contributed by atoms with Crippen molar-refractivity contribution in [2.24, 2.45) is 11.7 Å². The Balaban J connectivity index is 0.00000243. The molecule has 1 unspecified atom stereocenters. The lowest BCUT2D eigenvalue weighted by atomic mass is 9.91. The average molecular weight is 413 g/mol. The van der Waals surface area contributed by atoms with Crippen molar-refractivity contribution in [3.05, 3.63) is 0 Å². The molecule has 2 N–H and O–H groups in total. The van der Waals surface area contributed by atoms with Crippen LogP contribution in [0.15, 0.2) is 0 Å². The quantitative estimate of drug-likeness (QED) is 0.627. The molecule has 0 aromatic carbocycles. The van der Waals surface area contributed by atoms with Gasteiger partial charge in [0.05, 0.1) is 19.3 Å². The molecule has 26 heavy (non-hydrogen) atoms. The molecule has 0 aromatic heterocycles. The standard InChI is InChI=1S/C15H28N4O5S.ClH/c16-14(13-1-9-23-10-2-13)15(20)17-3-5-18(6-4-17)25(21,22)19-7-11-24-12-8-19;/h13-14H,1-12,16H2;1H. The maximum Gasteiger partial charge on any atom is 0.282 e. The summed E-state index contributed by atoms with van der Waals surface area (Å²) in [7, 11) is -3.47. The van der Waals surface area contributed by atoms with E-state index in [9.17, 15) is 13.2 Å². The van der Waals surface area contributed by atoms with E-state index >= 15 is 0 Å². The topological polar surface area (TPSA) is 105 Å². The molecule has 0 aliphatic carbocycles. The zero-order chi connectivity index (χ0) is 17.9. The fraction of sp³-hybridized carbons (Fsp3) is 0.933. The van der Waals surface area contributed by atoms with Crippen LogP contribution >= 0.6 is 12.4 Å². The highest BCUT2D eigenvalue weighted by atomic mass is 35.5. The number of hydrogen-bond donors (Lipinski definition) is 1. The van der Waals surface area contributed by atoms with Crippen molar-refractivity contribution in [2.75, 3.05) is 65.7 Å². The third-order valence-electron chi connectivity index (χ3n) is 5.23. The smallest absolute Gasteiger partial charge is 0.282 e. The summed E-state index contributed by atoms with van der Waals surface area (Å²) in [4.78, 5) is 14.3. The van der Waals surface area contributed by atoms with E-state index in [4.69, 9.17) is 15.2 Å². The van der Waals surface area contributed by atoms with E-state index in [1.165, 1.54) is 8.61 Å². The Morgan fingerprint density at radius 1 is 0.885 bits per heavy atom. The zero-order valence-electron chi connectivity index (χ0n) is 14.9. The first-order valence-electron chi connectivity index (χ1n) is 8.95.